The van der Waals surface area contributed by atoms with E-state index in [1.807, 2.05) is 7.05 Å². The van der Waals surface area contributed by atoms with Crippen LogP contribution in [0.2, 0.25) is 0 Å². The van der Waals surface area contributed by atoms with Crippen molar-refractivity contribution in [3.63, 3.8) is 0 Å². The first-order valence-electron chi connectivity index (χ1n) is 4.27. The predicted molar refractivity (Wildman–Crippen MR) is 54.9 cm³/mol. The summed E-state index contributed by atoms with van der Waals surface area (Å²) in [6.07, 6.45) is 0. The predicted octanol–water partition coefficient (Wildman–Crippen LogP) is 2.18. The van der Waals surface area contributed by atoms with Crippen LogP contribution >= 0.6 is 0 Å². The molecular formula is C10H16N2. The van der Waals surface area contributed by atoms with Crippen LogP contribution in [0, 0.1) is 0 Å². The van der Waals surface area contributed by atoms with Crippen molar-refractivity contribution >= 4 is 11.4 Å². The highest BCUT2D eigenvalue weighted by molar-refractivity contribution is 5.57. The SMILES string of the molecule is CCN(C)c1cccc(NC)c1. The lowest BCUT2D eigenvalue weighted by molar-refractivity contribution is 0.968. The van der Waals surface area contributed by atoms with Crippen LogP contribution in [-0.2, 0) is 0 Å². The Labute approximate surface area is 74.2 Å². The van der Waals surface area contributed by atoms with Crippen LogP contribution in [0.5, 0.6) is 0 Å². The number of anilines is 2. The average Bonchev–Trinajstić information content (AvgIpc) is 2.17. The molecular weight excluding hydrogens is 148 g/mol. The zero-order valence-corrected chi connectivity index (χ0v) is 7.96. The summed E-state index contributed by atoms with van der Waals surface area (Å²) >= 11 is 0. The fraction of sp³-hybridized carbons (Fsp3) is 0.400. The van der Waals surface area contributed by atoms with Crippen LogP contribution in [0.3, 0.4) is 0 Å². The van der Waals surface area contributed by atoms with E-state index in [-0.39, 0.29) is 0 Å². The van der Waals surface area contributed by atoms with Gasteiger partial charge in [-0.25, -0.2) is 0 Å². The van der Waals surface area contributed by atoms with Gasteiger partial charge in [-0.15, -0.1) is 0 Å². The van der Waals surface area contributed by atoms with Crippen molar-refractivity contribution < 1.29 is 0 Å². The molecule has 0 atom stereocenters. The monoisotopic (exact) mass is 164 g/mol. The van der Waals surface area contributed by atoms with Crippen molar-refractivity contribution in [2.45, 2.75) is 6.92 Å². The third kappa shape index (κ3) is 1.91. The van der Waals surface area contributed by atoms with Crippen LogP contribution < -0.4 is 10.2 Å². The Morgan fingerprint density at radius 3 is 2.75 bits per heavy atom. The Balaban J connectivity index is 2.86. The molecule has 66 valence electrons. The molecule has 1 N–H and O–H groups in total. The van der Waals surface area contributed by atoms with E-state index in [2.05, 4.69) is 48.5 Å². The van der Waals surface area contributed by atoms with E-state index in [9.17, 15) is 0 Å². The molecule has 0 aromatic heterocycles. The number of hydrogen-bond donors (Lipinski definition) is 1. The van der Waals surface area contributed by atoms with E-state index in [0.29, 0.717) is 0 Å². The Morgan fingerprint density at radius 2 is 2.17 bits per heavy atom. The molecule has 2 heteroatoms. The van der Waals surface area contributed by atoms with E-state index < -0.39 is 0 Å². The standard InChI is InChI=1S/C10H16N2/c1-4-12(3)10-7-5-6-9(8-10)11-2/h5-8,11H,4H2,1-3H3. The van der Waals surface area contributed by atoms with E-state index in [0.717, 1.165) is 12.2 Å². The Kier molecular flexibility index (Phi) is 2.97. The number of hydrogen-bond acceptors (Lipinski definition) is 2. The molecule has 0 bridgehead atoms. The Morgan fingerprint density at radius 1 is 1.42 bits per heavy atom. The fourth-order valence-corrected chi connectivity index (χ4v) is 1.08. The van der Waals surface area contributed by atoms with Gasteiger partial charge >= 0.3 is 0 Å². The first-order chi connectivity index (χ1) is 5.77. The van der Waals surface area contributed by atoms with Gasteiger partial charge in [0.2, 0.25) is 0 Å². The zero-order chi connectivity index (χ0) is 8.97. The molecule has 1 aromatic rings. The molecule has 0 aliphatic carbocycles. The van der Waals surface area contributed by atoms with Gasteiger partial charge in [0.05, 0.1) is 0 Å². The minimum Gasteiger partial charge on any atom is -0.388 e. The van der Waals surface area contributed by atoms with E-state index in [1.54, 1.807) is 0 Å². The second kappa shape index (κ2) is 4.00. The van der Waals surface area contributed by atoms with Gasteiger partial charge in [0.1, 0.15) is 0 Å². The smallest absolute Gasteiger partial charge is 0.0384 e. The van der Waals surface area contributed by atoms with Crippen molar-refractivity contribution in [2.24, 2.45) is 0 Å². The van der Waals surface area contributed by atoms with Gasteiger partial charge in [-0.05, 0) is 25.1 Å². The minimum absolute atomic E-state index is 1.03. The van der Waals surface area contributed by atoms with Gasteiger partial charge in [0.25, 0.3) is 0 Å². The Bertz CT molecular complexity index is 245. The van der Waals surface area contributed by atoms with E-state index >= 15 is 0 Å². The molecule has 0 saturated carbocycles. The van der Waals surface area contributed by atoms with Crippen molar-refractivity contribution in [3.8, 4) is 0 Å². The van der Waals surface area contributed by atoms with Crippen LogP contribution in [0.15, 0.2) is 24.3 Å². The summed E-state index contributed by atoms with van der Waals surface area (Å²) in [5.41, 5.74) is 2.41. The number of benzene rings is 1. The van der Waals surface area contributed by atoms with Gasteiger partial charge in [0, 0.05) is 32.0 Å². The van der Waals surface area contributed by atoms with E-state index in [4.69, 9.17) is 0 Å². The van der Waals surface area contributed by atoms with E-state index in [1.165, 1.54) is 5.69 Å². The summed E-state index contributed by atoms with van der Waals surface area (Å²) in [5.74, 6) is 0. The first-order valence-corrected chi connectivity index (χ1v) is 4.27. The van der Waals surface area contributed by atoms with Crippen LogP contribution in [-0.4, -0.2) is 20.6 Å². The van der Waals surface area contributed by atoms with Crippen molar-refractivity contribution in [2.75, 3.05) is 30.9 Å². The number of nitrogens with zero attached hydrogens (tertiary/aromatic N) is 1. The Hall–Kier alpha value is -1.18. The van der Waals surface area contributed by atoms with Crippen molar-refractivity contribution in [3.05, 3.63) is 24.3 Å². The molecule has 2 nitrogen and oxygen atoms in total. The maximum absolute atomic E-state index is 3.12. The quantitative estimate of drug-likeness (QED) is 0.736. The maximum atomic E-state index is 3.12. The number of rotatable bonds is 3. The summed E-state index contributed by atoms with van der Waals surface area (Å²) in [6.45, 7) is 3.18. The summed E-state index contributed by atoms with van der Waals surface area (Å²) in [7, 11) is 4.03. The number of nitrogens with one attached hydrogen (secondary N) is 1. The molecule has 0 heterocycles. The highest BCUT2D eigenvalue weighted by atomic mass is 15.1. The minimum atomic E-state index is 1.03. The molecule has 1 aromatic carbocycles. The molecule has 0 radical (unpaired) electrons. The highest BCUT2D eigenvalue weighted by Gasteiger charge is 1.97. The fourth-order valence-electron chi connectivity index (χ4n) is 1.08. The molecule has 0 saturated heterocycles. The molecule has 0 aliphatic heterocycles. The second-order valence-electron chi connectivity index (χ2n) is 2.81. The van der Waals surface area contributed by atoms with Gasteiger partial charge < -0.3 is 10.2 Å². The van der Waals surface area contributed by atoms with Gasteiger partial charge in [0.15, 0.2) is 0 Å². The summed E-state index contributed by atoms with van der Waals surface area (Å²) < 4.78 is 0. The topological polar surface area (TPSA) is 15.3 Å². The summed E-state index contributed by atoms with van der Waals surface area (Å²) in [5, 5.41) is 3.12. The lowest BCUT2D eigenvalue weighted by atomic mass is 10.2. The molecule has 0 spiro atoms. The highest BCUT2D eigenvalue weighted by Crippen LogP contribution is 2.17. The molecule has 0 amide bonds. The molecule has 1 rings (SSSR count). The third-order valence-electron chi connectivity index (χ3n) is 2.05. The largest absolute Gasteiger partial charge is 0.388 e. The molecule has 0 fully saturated rings. The lowest BCUT2D eigenvalue weighted by Gasteiger charge is -2.17. The van der Waals surface area contributed by atoms with Gasteiger partial charge in [-0.1, -0.05) is 6.07 Å². The maximum Gasteiger partial charge on any atom is 0.0384 e. The average molecular weight is 164 g/mol. The zero-order valence-electron chi connectivity index (χ0n) is 7.96. The van der Waals surface area contributed by atoms with Crippen molar-refractivity contribution in [1.82, 2.24) is 0 Å². The first kappa shape index (κ1) is 8.91. The van der Waals surface area contributed by atoms with Gasteiger partial charge in [-0.2, -0.15) is 0 Å². The normalized spacial score (nSPS) is 9.58. The van der Waals surface area contributed by atoms with Crippen LogP contribution in [0.1, 0.15) is 6.92 Å². The van der Waals surface area contributed by atoms with Crippen molar-refractivity contribution in [1.29, 1.82) is 0 Å². The van der Waals surface area contributed by atoms with Gasteiger partial charge in [-0.3, -0.25) is 0 Å². The molecule has 0 aliphatic rings. The summed E-state index contributed by atoms with van der Waals surface area (Å²) in [6, 6.07) is 8.38. The summed E-state index contributed by atoms with van der Waals surface area (Å²) in [4.78, 5) is 2.21. The molecule has 12 heavy (non-hydrogen) atoms. The van der Waals surface area contributed by atoms with Crippen LogP contribution in [0.4, 0.5) is 11.4 Å². The molecule has 0 unspecified atom stereocenters. The lowest BCUT2D eigenvalue weighted by Crippen LogP contribution is -2.15. The second-order valence-corrected chi connectivity index (χ2v) is 2.81. The van der Waals surface area contributed by atoms with Crippen LogP contribution in [0.25, 0.3) is 0 Å². The third-order valence-corrected chi connectivity index (χ3v) is 2.05.